The van der Waals surface area contributed by atoms with Crippen LogP contribution in [0.4, 0.5) is 0 Å². The molecule has 2 heteroatoms. The lowest BCUT2D eigenvalue weighted by Gasteiger charge is -2.32. The van der Waals surface area contributed by atoms with Gasteiger partial charge in [-0.2, -0.15) is 0 Å². The van der Waals surface area contributed by atoms with E-state index in [9.17, 15) is 10.2 Å². The molecule has 0 aliphatic heterocycles. The van der Waals surface area contributed by atoms with Crippen LogP contribution in [0.15, 0.2) is 48.1 Å². The molecule has 0 radical (unpaired) electrons. The van der Waals surface area contributed by atoms with Crippen LogP contribution < -0.4 is 0 Å². The van der Waals surface area contributed by atoms with Crippen LogP contribution >= 0.6 is 0 Å². The van der Waals surface area contributed by atoms with Crippen LogP contribution in [0, 0.1) is 0 Å². The maximum absolute atomic E-state index is 10.0. The highest BCUT2D eigenvalue weighted by Gasteiger charge is 2.34. The van der Waals surface area contributed by atoms with Crippen LogP contribution in [0.5, 0.6) is 0 Å². The summed E-state index contributed by atoms with van der Waals surface area (Å²) in [7, 11) is 0. The minimum atomic E-state index is -1.33. The van der Waals surface area contributed by atoms with E-state index in [4.69, 9.17) is 0 Å². The van der Waals surface area contributed by atoms with Crippen LogP contribution in [0.3, 0.4) is 0 Å². The maximum Gasteiger partial charge on any atom is 0.133 e. The second kappa shape index (κ2) is 3.56. The third-order valence-corrected chi connectivity index (χ3v) is 2.48. The van der Waals surface area contributed by atoms with Crippen LogP contribution in [0.25, 0.3) is 0 Å². The van der Waals surface area contributed by atoms with E-state index in [0.717, 1.165) is 11.1 Å². The summed E-state index contributed by atoms with van der Waals surface area (Å²) < 4.78 is 0. The van der Waals surface area contributed by atoms with Crippen molar-refractivity contribution in [2.75, 3.05) is 0 Å². The van der Waals surface area contributed by atoms with Gasteiger partial charge in [0.1, 0.15) is 11.7 Å². The summed E-state index contributed by atoms with van der Waals surface area (Å²) in [6.45, 7) is 11.0. The monoisotopic (exact) mass is 192 g/mol. The molecule has 0 fully saturated rings. The number of allylic oxidation sites excluding steroid dienone is 3. The van der Waals surface area contributed by atoms with Crippen LogP contribution in [0.2, 0.25) is 0 Å². The zero-order valence-electron chi connectivity index (χ0n) is 8.62. The first-order valence-corrected chi connectivity index (χ1v) is 4.51. The Morgan fingerprint density at radius 3 is 2.36 bits per heavy atom. The number of hydrogen-bond acceptors (Lipinski definition) is 2. The Balaban J connectivity index is 3.02. The zero-order chi connectivity index (χ0) is 10.9. The van der Waals surface area contributed by atoms with E-state index >= 15 is 0 Å². The Bertz CT molecular complexity index is 336. The van der Waals surface area contributed by atoms with Gasteiger partial charge in [-0.15, -0.1) is 0 Å². The fourth-order valence-corrected chi connectivity index (χ4v) is 1.35. The fraction of sp³-hybridized carbons (Fsp3) is 0.333. The molecule has 2 atom stereocenters. The lowest BCUT2D eigenvalue weighted by Crippen LogP contribution is -2.41. The van der Waals surface area contributed by atoms with Crippen LogP contribution in [-0.4, -0.2) is 21.9 Å². The average Bonchev–Trinajstić information content (AvgIpc) is 2.09. The molecule has 1 aliphatic rings. The second-order valence-corrected chi connectivity index (χ2v) is 3.79. The van der Waals surface area contributed by atoms with Gasteiger partial charge in [0.25, 0.3) is 0 Å². The van der Waals surface area contributed by atoms with E-state index in [1.165, 1.54) is 0 Å². The molecule has 0 amide bonds. The van der Waals surface area contributed by atoms with E-state index in [2.05, 4.69) is 13.2 Å². The standard InChI is InChI=1S/C12H16O2/c1-8(2)10-5-6-12(14,9(3)4)11(13)7-10/h5-7,11,13-14H,1,3H2,2,4H3. The number of rotatable bonds is 2. The molecule has 0 saturated heterocycles. The average molecular weight is 192 g/mol. The summed E-state index contributed by atoms with van der Waals surface area (Å²) in [6.07, 6.45) is 3.96. The quantitative estimate of drug-likeness (QED) is 0.654. The van der Waals surface area contributed by atoms with Crippen molar-refractivity contribution in [3.63, 3.8) is 0 Å². The number of hydrogen-bond donors (Lipinski definition) is 2. The highest BCUT2D eigenvalue weighted by Crippen LogP contribution is 2.29. The minimum Gasteiger partial charge on any atom is -0.385 e. The van der Waals surface area contributed by atoms with E-state index in [1.807, 2.05) is 6.92 Å². The Morgan fingerprint density at radius 2 is 2.00 bits per heavy atom. The van der Waals surface area contributed by atoms with E-state index in [-0.39, 0.29) is 0 Å². The molecule has 1 rings (SSSR count). The van der Waals surface area contributed by atoms with Crippen molar-refractivity contribution in [1.82, 2.24) is 0 Å². The predicted octanol–water partition coefficient (Wildman–Crippen LogP) is 1.73. The molecule has 0 aromatic heterocycles. The van der Waals surface area contributed by atoms with E-state index < -0.39 is 11.7 Å². The molecule has 1 aliphatic carbocycles. The van der Waals surface area contributed by atoms with Crippen molar-refractivity contribution >= 4 is 0 Å². The summed E-state index contributed by atoms with van der Waals surface area (Å²) in [5.74, 6) is 0. The number of aliphatic hydroxyl groups excluding tert-OH is 1. The molecule has 2 N–H and O–H groups in total. The molecule has 0 aromatic carbocycles. The third-order valence-electron chi connectivity index (χ3n) is 2.48. The first-order valence-electron chi connectivity index (χ1n) is 4.51. The van der Waals surface area contributed by atoms with Crippen LogP contribution in [0.1, 0.15) is 13.8 Å². The van der Waals surface area contributed by atoms with Crippen molar-refractivity contribution in [1.29, 1.82) is 0 Å². The molecule has 2 nitrogen and oxygen atoms in total. The van der Waals surface area contributed by atoms with Crippen molar-refractivity contribution < 1.29 is 10.2 Å². The van der Waals surface area contributed by atoms with Crippen molar-refractivity contribution in [2.24, 2.45) is 0 Å². The lowest BCUT2D eigenvalue weighted by atomic mass is 9.83. The van der Waals surface area contributed by atoms with Gasteiger partial charge in [-0.25, -0.2) is 0 Å². The van der Waals surface area contributed by atoms with Gasteiger partial charge in [0.2, 0.25) is 0 Å². The first-order chi connectivity index (χ1) is 6.38. The van der Waals surface area contributed by atoms with Gasteiger partial charge in [0.05, 0.1) is 0 Å². The SMILES string of the molecule is C=C(C)C1=CC(O)C(O)(C(=C)C)C=C1. The summed E-state index contributed by atoms with van der Waals surface area (Å²) in [5, 5.41) is 19.7. The number of aliphatic hydroxyl groups is 2. The topological polar surface area (TPSA) is 40.5 Å². The van der Waals surface area contributed by atoms with Crippen molar-refractivity contribution in [2.45, 2.75) is 25.6 Å². The van der Waals surface area contributed by atoms with E-state index in [1.54, 1.807) is 25.2 Å². The second-order valence-electron chi connectivity index (χ2n) is 3.79. The zero-order valence-corrected chi connectivity index (χ0v) is 8.62. The summed E-state index contributed by atoms with van der Waals surface area (Å²) >= 11 is 0. The normalized spacial score (nSPS) is 31.1. The molecule has 14 heavy (non-hydrogen) atoms. The minimum absolute atomic E-state index is 0.526. The van der Waals surface area contributed by atoms with Gasteiger partial charge in [-0.05, 0) is 37.1 Å². The van der Waals surface area contributed by atoms with Crippen molar-refractivity contribution in [3.8, 4) is 0 Å². The highest BCUT2D eigenvalue weighted by molar-refractivity contribution is 5.45. The Kier molecular flexibility index (Phi) is 2.79. The largest absolute Gasteiger partial charge is 0.385 e. The molecular formula is C12H16O2. The van der Waals surface area contributed by atoms with Gasteiger partial charge in [0, 0.05) is 0 Å². The van der Waals surface area contributed by atoms with Gasteiger partial charge in [0.15, 0.2) is 0 Å². The van der Waals surface area contributed by atoms with Gasteiger partial charge < -0.3 is 10.2 Å². The Morgan fingerprint density at radius 1 is 1.43 bits per heavy atom. The van der Waals surface area contributed by atoms with Crippen molar-refractivity contribution in [3.05, 3.63) is 48.1 Å². The molecule has 0 saturated carbocycles. The molecule has 0 aromatic rings. The Hall–Kier alpha value is -1.12. The van der Waals surface area contributed by atoms with E-state index in [0.29, 0.717) is 5.57 Å². The maximum atomic E-state index is 10.0. The molecule has 2 unspecified atom stereocenters. The Labute approximate surface area is 84.6 Å². The summed E-state index contributed by atoms with van der Waals surface area (Å²) in [4.78, 5) is 0. The van der Waals surface area contributed by atoms with Crippen LogP contribution in [-0.2, 0) is 0 Å². The molecule has 0 heterocycles. The summed E-state index contributed by atoms with van der Waals surface area (Å²) in [6, 6.07) is 0. The molecule has 76 valence electrons. The molecule has 0 bridgehead atoms. The molecule has 0 spiro atoms. The third kappa shape index (κ3) is 1.72. The van der Waals surface area contributed by atoms with Gasteiger partial charge in [-0.3, -0.25) is 0 Å². The lowest BCUT2D eigenvalue weighted by molar-refractivity contribution is 0.0126. The first kappa shape index (κ1) is 11.0. The van der Waals surface area contributed by atoms with Gasteiger partial charge >= 0.3 is 0 Å². The summed E-state index contributed by atoms with van der Waals surface area (Å²) in [5.41, 5.74) is 0.907. The molecular weight excluding hydrogens is 176 g/mol. The highest BCUT2D eigenvalue weighted by atomic mass is 16.3. The van der Waals surface area contributed by atoms with Gasteiger partial charge in [-0.1, -0.05) is 24.8 Å². The smallest absolute Gasteiger partial charge is 0.133 e. The predicted molar refractivity (Wildman–Crippen MR) is 57.8 cm³/mol. The fourth-order valence-electron chi connectivity index (χ4n) is 1.35.